The summed E-state index contributed by atoms with van der Waals surface area (Å²) in [6, 6.07) is 12.4. The minimum Gasteiger partial charge on any atom is -0.372 e. The lowest BCUT2D eigenvalue weighted by atomic mass is 10.0. The van der Waals surface area contributed by atoms with E-state index in [1.807, 2.05) is 18.2 Å². The van der Waals surface area contributed by atoms with Gasteiger partial charge in [-0.05, 0) is 65.3 Å². The van der Waals surface area contributed by atoms with Crippen LogP contribution in [0.4, 0.5) is 5.69 Å². The first-order chi connectivity index (χ1) is 12.5. The summed E-state index contributed by atoms with van der Waals surface area (Å²) in [6.45, 7) is 1.12. The summed E-state index contributed by atoms with van der Waals surface area (Å²) >= 11 is 11.1. The number of anilines is 1. The van der Waals surface area contributed by atoms with E-state index in [1.54, 1.807) is 30.3 Å². The van der Waals surface area contributed by atoms with Crippen LogP contribution < -0.4 is 10.2 Å². The molecule has 1 N–H and O–H groups in total. The minimum absolute atomic E-state index is 0.0208. The molecule has 4 rings (SSSR count). The first-order valence-electron chi connectivity index (χ1n) is 7.89. The summed E-state index contributed by atoms with van der Waals surface area (Å²) in [5.41, 5.74) is 3.50. The molecule has 0 spiro atoms. The number of hydrogen-bond donors (Lipinski definition) is 1. The number of thiocarbonyl (C=S) groups is 1. The topological polar surface area (TPSA) is 58.6 Å². The molecule has 0 saturated carbocycles. The average molecular weight is 385 g/mol. The highest BCUT2D eigenvalue weighted by atomic mass is 35.5. The van der Waals surface area contributed by atoms with E-state index in [1.165, 1.54) is 4.90 Å². The second-order valence-corrected chi connectivity index (χ2v) is 6.78. The highest BCUT2D eigenvalue weighted by molar-refractivity contribution is 7.80. The van der Waals surface area contributed by atoms with E-state index in [2.05, 4.69) is 5.32 Å². The summed E-state index contributed by atoms with van der Waals surface area (Å²) < 4.78 is 5.40. The maximum atomic E-state index is 12.9. The highest BCUT2D eigenvalue weighted by Gasteiger charge is 2.34. The van der Waals surface area contributed by atoms with Crippen molar-refractivity contribution in [2.75, 3.05) is 4.90 Å². The van der Waals surface area contributed by atoms with Gasteiger partial charge in [-0.2, -0.15) is 0 Å². The largest absolute Gasteiger partial charge is 0.372 e. The van der Waals surface area contributed by atoms with E-state index in [-0.39, 0.29) is 10.7 Å². The number of amides is 2. The van der Waals surface area contributed by atoms with Crippen molar-refractivity contribution in [3.63, 3.8) is 0 Å². The van der Waals surface area contributed by atoms with E-state index in [0.29, 0.717) is 23.9 Å². The quantitative estimate of drug-likeness (QED) is 0.490. The van der Waals surface area contributed by atoms with E-state index < -0.39 is 11.8 Å². The summed E-state index contributed by atoms with van der Waals surface area (Å²) in [7, 11) is 0. The Kier molecular flexibility index (Phi) is 4.32. The summed E-state index contributed by atoms with van der Waals surface area (Å²) in [5.74, 6) is -0.986. The number of rotatable bonds is 2. The molecule has 1 saturated heterocycles. The predicted molar refractivity (Wildman–Crippen MR) is 103 cm³/mol. The van der Waals surface area contributed by atoms with Gasteiger partial charge in [-0.25, -0.2) is 0 Å². The monoisotopic (exact) mass is 384 g/mol. The Labute approximate surface area is 160 Å². The fraction of sp³-hybridized carbons (Fsp3) is 0.105. The molecule has 130 valence electrons. The normalized spacial score (nSPS) is 18.3. The first kappa shape index (κ1) is 16.9. The third-order valence-corrected chi connectivity index (χ3v) is 4.78. The van der Waals surface area contributed by atoms with Crippen LogP contribution >= 0.6 is 23.8 Å². The predicted octanol–water partition coefficient (Wildman–Crippen LogP) is 3.20. The molecule has 2 aliphatic heterocycles. The molecule has 2 amide bonds. The second kappa shape index (κ2) is 6.64. The number of ether oxygens (including phenoxy) is 1. The Balaban J connectivity index is 1.71. The van der Waals surface area contributed by atoms with Crippen LogP contribution in [0.2, 0.25) is 5.02 Å². The lowest BCUT2D eigenvalue weighted by Gasteiger charge is -2.29. The van der Waals surface area contributed by atoms with Crippen LogP contribution in [0.1, 0.15) is 16.7 Å². The number of nitrogens with zero attached hydrogens (tertiary/aromatic N) is 1. The standard InChI is InChI=1S/C19H13ClN2O3S/c20-14-3-5-15(6-4-14)22-18(24)16(17(23)21-19(22)26)8-11-1-2-12-9-25-10-13(12)7-11/h1-8H,9-10H2,(H,21,23,26)/b16-8+. The number of benzene rings is 2. The molecule has 2 heterocycles. The van der Waals surface area contributed by atoms with Crippen LogP contribution in [-0.2, 0) is 27.5 Å². The minimum atomic E-state index is -0.512. The molecule has 0 bridgehead atoms. The molecule has 1 fully saturated rings. The van der Waals surface area contributed by atoms with Gasteiger partial charge in [0.05, 0.1) is 18.9 Å². The van der Waals surface area contributed by atoms with Crippen LogP contribution in [0.25, 0.3) is 6.08 Å². The number of hydrogen-bond acceptors (Lipinski definition) is 4. The maximum absolute atomic E-state index is 12.9. The summed E-state index contributed by atoms with van der Waals surface area (Å²) in [4.78, 5) is 26.5. The Hall–Kier alpha value is -2.54. The molecule has 26 heavy (non-hydrogen) atoms. The van der Waals surface area contributed by atoms with Gasteiger partial charge in [-0.3, -0.25) is 19.8 Å². The zero-order valence-corrected chi connectivity index (χ0v) is 15.1. The van der Waals surface area contributed by atoms with Crippen LogP contribution in [0, 0.1) is 0 Å². The molecule has 2 aliphatic rings. The van der Waals surface area contributed by atoms with Gasteiger partial charge in [0.25, 0.3) is 11.8 Å². The summed E-state index contributed by atoms with van der Waals surface area (Å²) in [5, 5.41) is 3.16. The van der Waals surface area contributed by atoms with E-state index in [4.69, 9.17) is 28.6 Å². The van der Waals surface area contributed by atoms with Crippen molar-refractivity contribution in [1.82, 2.24) is 5.32 Å². The maximum Gasteiger partial charge on any atom is 0.270 e. The lowest BCUT2D eigenvalue weighted by molar-refractivity contribution is -0.122. The highest BCUT2D eigenvalue weighted by Crippen LogP contribution is 2.25. The third-order valence-electron chi connectivity index (χ3n) is 4.24. The van der Waals surface area contributed by atoms with Gasteiger partial charge in [0.2, 0.25) is 0 Å². The fourth-order valence-corrected chi connectivity index (χ4v) is 3.34. The van der Waals surface area contributed by atoms with Crippen LogP contribution in [0.5, 0.6) is 0 Å². The molecule has 2 aromatic rings. The average Bonchev–Trinajstić information content (AvgIpc) is 3.08. The van der Waals surface area contributed by atoms with E-state index in [0.717, 1.165) is 16.7 Å². The van der Waals surface area contributed by atoms with Gasteiger partial charge >= 0.3 is 0 Å². The Bertz CT molecular complexity index is 969. The van der Waals surface area contributed by atoms with Crippen molar-refractivity contribution in [3.05, 3.63) is 69.8 Å². The smallest absolute Gasteiger partial charge is 0.270 e. The zero-order chi connectivity index (χ0) is 18.3. The molecule has 0 atom stereocenters. The number of halogens is 1. The van der Waals surface area contributed by atoms with Crippen molar-refractivity contribution in [3.8, 4) is 0 Å². The third kappa shape index (κ3) is 3.03. The molecular formula is C19H13ClN2O3S. The van der Waals surface area contributed by atoms with Gasteiger partial charge in [0, 0.05) is 5.02 Å². The first-order valence-corrected chi connectivity index (χ1v) is 8.68. The molecule has 0 unspecified atom stereocenters. The fourth-order valence-electron chi connectivity index (χ4n) is 2.93. The van der Waals surface area contributed by atoms with Crippen LogP contribution in [0.3, 0.4) is 0 Å². The number of nitrogens with one attached hydrogen (secondary N) is 1. The molecule has 5 nitrogen and oxygen atoms in total. The number of carbonyl (C=O) groups excluding carboxylic acids is 2. The van der Waals surface area contributed by atoms with Gasteiger partial charge in [-0.15, -0.1) is 0 Å². The van der Waals surface area contributed by atoms with Gasteiger partial charge in [-0.1, -0.05) is 23.7 Å². The number of fused-ring (bicyclic) bond motifs is 1. The SMILES string of the molecule is O=C1NC(=S)N(c2ccc(Cl)cc2)C(=O)/C1=C/c1ccc2c(c1)COC2. The van der Waals surface area contributed by atoms with Crippen LogP contribution in [0.15, 0.2) is 48.0 Å². The lowest BCUT2D eigenvalue weighted by Crippen LogP contribution is -2.54. The van der Waals surface area contributed by atoms with Gasteiger partial charge in [0.1, 0.15) is 5.57 Å². The molecule has 0 aromatic heterocycles. The number of carbonyl (C=O) groups is 2. The zero-order valence-electron chi connectivity index (χ0n) is 13.5. The van der Waals surface area contributed by atoms with Crippen molar-refractivity contribution in [2.45, 2.75) is 13.2 Å². The molecule has 7 heteroatoms. The Morgan fingerprint density at radius 3 is 2.58 bits per heavy atom. The van der Waals surface area contributed by atoms with E-state index in [9.17, 15) is 9.59 Å². The van der Waals surface area contributed by atoms with Crippen molar-refractivity contribution in [1.29, 1.82) is 0 Å². The molecule has 0 aliphatic carbocycles. The van der Waals surface area contributed by atoms with Crippen molar-refractivity contribution < 1.29 is 14.3 Å². The Morgan fingerprint density at radius 1 is 1.08 bits per heavy atom. The van der Waals surface area contributed by atoms with Crippen molar-refractivity contribution >= 4 is 52.5 Å². The molecule has 0 radical (unpaired) electrons. The van der Waals surface area contributed by atoms with Gasteiger partial charge < -0.3 is 4.74 Å². The van der Waals surface area contributed by atoms with Crippen molar-refractivity contribution in [2.24, 2.45) is 0 Å². The molecular weight excluding hydrogens is 372 g/mol. The van der Waals surface area contributed by atoms with Crippen LogP contribution in [-0.4, -0.2) is 16.9 Å². The Morgan fingerprint density at radius 2 is 1.81 bits per heavy atom. The molecule has 2 aromatic carbocycles. The van der Waals surface area contributed by atoms with E-state index >= 15 is 0 Å². The second-order valence-electron chi connectivity index (χ2n) is 5.96. The van der Waals surface area contributed by atoms with Gasteiger partial charge in [0.15, 0.2) is 5.11 Å². The summed E-state index contributed by atoms with van der Waals surface area (Å²) in [6.07, 6.45) is 1.57.